The van der Waals surface area contributed by atoms with Crippen LogP contribution < -0.4 is 5.56 Å². The average Bonchev–Trinajstić information content (AvgIpc) is 3.07. The number of fused-ring (bicyclic) bond motifs is 1. The molecular formula is C17H21N3O2S2. The van der Waals surface area contributed by atoms with E-state index >= 15 is 0 Å². The lowest BCUT2D eigenvalue weighted by Crippen LogP contribution is -2.40. The van der Waals surface area contributed by atoms with Gasteiger partial charge in [-0.2, -0.15) is 0 Å². The minimum absolute atomic E-state index is 0.0683. The zero-order valence-corrected chi connectivity index (χ0v) is 15.4. The summed E-state index contributed by atoms with van der Waals surface area (Å²) >= 11 is 2.81. The zero-order chi connectivity index (χ0) is 17.1. The van der Waals surface area contributed by atoms with Gasteiger partial charge in [0.2, 0.25) is 5.91 Å². The molecule has 2 aromatic rings. The Balaban J connectivity index is 1.87. The molecule has 0 saturated carbocycles. The number of hydrogen-bond acceptors (Lipinski definition) is 5. The van der Waals surface area contributed by atoms with Gasteiger partial charge in [0.15, 0.2) is 5.16 Å². The highest BCUT2D eigenvalue weighted by atomic mass is 32.2. The molecule has 24 heavy (non-hydrogen) atoms. The quantitative estimate of drug-likeness (QED) is 0.465. The van der Waals surface area contributed by atoms with Crippen LogP contribution in [0.25, 0.3) is 10.2 Å². The maximum atomic E-state index is 12.6. The first-order valence-corrected chi connectivity index (χ1v) is 9.92. The zero-order valence-electron chi connectivity index (χ0n) is 13.7. The molecule has 1 aliphatic rings. The number of likely N-dealkylation sites (tertiary alicyclic amines) is 1. The number of allylic oxidation sites excluding steroid dienone is 1. The van der Waals surface area contributed by atoms with Gasteiger partial charge in [0, 0.05) is 19.6 Å². The Labute approximate surface area is 149 Å². The van der Waals surface area contributed by atoms with E-state index in [-0.39, 0.29) is 16.7 Å². The molecule has 3 rings (SSSR count). The van der Waals surface area contributed by atoms with Crippen LogP contribution in [0.4, 0.5) is 0 Å². The van der Waals surface area contributed by atoms with Crippen molar-refractivity contribution in [3.8, 4) is 0 Å². The van der Waals surface area contributed by atoms with Crippen LogP contribution >= 0.6 is 23.1 Å². The normalized spacial score (nSPS) is 16.3. The molecule has 0 radical (unpaired) electrons. The molecule has 1 saturated heterocycles. The number of thioether (sulfide) groups is 1. The minimum atomic E-state index is -0.261. The van der Waals surface area contributed by atoms with Crippen LogP contribution in [-0.2, 0) is 11.3 Å². The van der Waals surface area contributed by atoms with Crippen molar-refractivity contribution in [2.75, 3.05) is 13.1 Å². The summed E-state index contributed by atoms with van der Waals surface area (Å²) in [7, 11) is 0. The van der Waals surface area contributed by atoms with Crippen LogP contribution in [-0.4, -0.2) is 38.7 Å². The largest absolute Gasteiger partial charge is 0.342 e. The Morgan fingerprint density at radius 3 is 2.92 bits per heavy atom. The van der Waals surface area contributed by atoms with Gasteiger partial charge in [0.1, 0.15) is 4.83 Å². The SMILES string of the molecule is C=CCn1c(SC(C)C(=O)N2CCCCC2)nc2sccc2c1=O. The van der Waals surface area contributed by atoms with Gasteiger partial charge in [0.05, 0.1) is 10.6 Å². The van der Waals surface area contributed by atoms with Crippen molar-refractivity contribution in [1.82, 2.24) is 14.5 Å². The van der Waals surface area contributed by atoms with Crippen molar-refractivity contribution in [3.05, 3.63) is 34.5 Å². The summed E-state index contributed by atoms with van der Waals surface area (Å²) < 4.78 is 1.60. The smallest absolute Gasteiger partial charge is 0.263 e. The Morgan fingerprint density at radius 2 is 2.21 bits per heavy atom. The van der Waals surface area contributed by atoms with Crippen LogP contribution in [0.3, 0.4) is 0 Å². The number of hydrogen-bond donors (Lipinski definition) is 0. The Hall–Kier alpha value is -1.60. The lowest BCUT2D eigenvalue weighted by Gasteiger charge is -2.29. The molecule has 3 heterocycles. The molecule has 128 valence electrons. The maximum absolute atomic E-state index is 12.6. The Kier molecular flexibility index (Phi) is 5.40. The summed E-state index contributed by atoms with van der Waals surface area (Å²) in [4.78, 5) is 32.5. The highest BCUT2D eigenvalue weighted by Crippen LogP contribution is 2.26. The third-order valence-corrected chi connectivity index (χ3v) is 6.04. The van der Waals surface area contributed by atoms with E-state index in [9.17, 15) is 9.59 Å². The molecule has 1 atom stereocenters. The monoisotopic (exact) mass is 363 g/mol. The van der Waals surface area contributed by atoms with Crippen molar-refractivity contribution in [1.29, 1.82) is 0 Å². The van der Waals surface area contributed by atoms with Gasteiger partial charge in [0.25, 0.3) is 5.56 Å². The summed E-state index contributed by atoms with van der Waals surface area (Å²) in [6, 6.07) is 1.80. The van der Waals surface area contributed by atoms with Gasteiger partial charge in [-0.15, -0.1) is 17.9 Å². The molecule has 0 aromatic carbocycles. The van der Waals surface area contributed by atoms with Crippen molar-refractivity contribution in [3.63, 3.8) is 0 Å². The molecule has 0 bridgehead atoms. The number of carbonyl (C=O) groups excluding carboxylic acids is 1. The van der Waals surface area contributed by atoms with Crippen LogP contribution in [0.1, 0.15) is 26.2 Å². The number of rotatable bonds is 5. The molecule has 0 aliphatic carbocycles. The average molecular weight is 364 g/mol. The van der Waals surface area contributed by atoms with Crippen molar-refractivity contribution >= 4 is 39.2 Å². The number of piperidine rings is 1. The van der Waals surface area contributed by atoms with Crippen molar-refractivity contribution in [2.24, 2.45) is 0 Å². The van der Waals surface area contributed by atoms with Gasteiger partial charge >= 0.3 is 0 Å². The van der Waals surface area contributed by atoms with Gasteiger partial charge in [-0.05, 0) is 37.6 Å². The summed E-state index contributed by atoms with van der Waals surface area (Å²) in [6.45, 7) is 7.68. The van der Waals surface area contributed by atoms with Crippen LogP contribution in [0.2, 0.25) is 0 Å². The summed E-state index contributed by atoms with van der Waals surface area (Å²) in [6.07, 6.45) is 5.02. The lowest BCUT2D eigenvalue weighted by atomic mass is 10.1. The molecule has 0 N–H and O–H groups in total. The predicted octanol–water partition coefficient (Wildman–Crippen LogP) is 3.14. The maximum Gasteiger partial charge on any atom is 0.263 e. The molecule has 1 unspecified atom stereocenters. The lowest BCUT2D eigenvalue weighted by molar-refractivity contribution is -0.131. The third-order valence-electron chi connectivity index (χ3n) is 4.16. The van der Waals surface area contributed by atoms with Gasteiger partial charge in [-0.3, -0.25) is 14.2 Å². The van der Waals surface area contributed by atoms with E-state index in [1.54, 1.807) is 16.7 Å². The first kappa shape index (κ1) is 17.2. The van der Waals surface area contributed by atoms with Crippen LogP contribution in [0, 0.1) is 0 Å². The van der Waals surface area contributed by atoms with E-state index in [0.29, 0.717) is 17.1 Å². The molecule has 1 fully saturated rings. The van der Waals surface area contributed by atoms with Crippen LogP contribution in [0.5, 0.6) is 0 Å². The molecular weight excluding hydrogens is 342 g/mol. The highest BCUT2D eigenvalue weighted by Gasteiger charge is 2.25. The van der Waals surface area contributed by atoms with Gasteiger partial charge in [-0.1, -0.05) is 17.8 Å². The van der Waals surface area contributed by atoms with E-state index in [2.05, 4.69) is 11.6 Å². The second-order valence-electron chi connectivity index (χ2n) is 5.88. The predicted molar refractivity (Wildman–Crippen MR) is 99.8 cm³/mol. The number of amides is 1. The fourth-order valence-electron chi connectivity index (χ4n) is 2.89. The highest BCUT2D eigenvalue weighted by molar-refractivity contribution is 8.00. The number of thiophene rings is 1. The molecule has 0 spiro atoms. The first-order valence-electron chi connectivity index (χ1n) is 8.16. The molecule has 7 heteroatoms. The molecule has 1 aliphatic heterocycles. The molecule has 1 amide bonds. The summed E-state index contributed by atoms with van der Waals surface area (Å²) in [5, 5.41) is 2.83. The van der Waals surface area contributed by atoms with E-state index in [4.69, 9.17) is 0 Å². The first-order chi connectivity index (χ1) is 11.6. The number of nitrogens with zero attached hydrogens (tertiary/aromatic N) is 3. The van der Waals surface area contributed by atoms with Gasteiger partial charge in [-0.25, -0.2) is 4.98 Å². The molecule has 2 aromatic heterocycles. The minimum Gasteiger partial charge on any atom is -0.342 e. The van der Waals surface area contributed by atoms with Crippen molar-refractivity contribution in [2.45, 2.75) is 43.1 Å². The van der Waals surface area contributed by atoms with E-state index in [1.165, 1.54) is 29.5 Å². The summed E-state index contributed by atoms with van der Waals surface area (Å²) in [5.74, 6) is 0.130. The second-order valence-corrected chi connectivity index (χ2v) is 8.09. The number of carbonyl (C=O) groups is 1. The Morgan fingerprint density at radius 1 is 1.46 bits per heavy atom. The topological polar surface area (TPSA) is 55.2 Å². The Bertz CT molecular complexity index is 806. The third kappa shape index (κ3) is 3.42. The molecule has 5 nitrogen and oxygen atoms in total. The van der Waals surface area contributed by atoms with E-state index in [1.807, 2.05) is 17.2 Å². The fourth-order valence-corrected chi connectivity index (χ4v) is 4.70. The standard InChI is InChI=1S/C17H21N3O2S2/c1-3-8-20-16(22)13-7-11-23-14(13)18-17(20)24-12(2)15(21)19-9-5-4-6-10-19/h3,7,11-12H,1,4-6,8-10H2,2H3. The van der Waals surface area contributed by atoms with E-state index in [0.717, 1.165) is 30.8 Å². The van der Waals surface area contributed by atoms with E-state index < -0.39 is 0 Å². The van der Waals surface area contributed by atoms with Crippen molar-refractivity contribution < 1.29 is 4.79 Å². The fraction of sp³-hybridized carbons (Fsp3) is 0.471. The second kappa shape index (κ2) is 7.53. The van der Waals surface area contributed by atoms with Crippen LogP contribution in [0.15, 0.2) is 34.1 Å². The number of aromatic nitrogens is 2. The van der Waals surface area contributed by atoms with Gasteiger partial charge < -0.3 is 4.90 Å². The summed E-state index contributed by atoms with van der Waals surface area (Å²) in [5.41, 5.74) is -0.0683.